The van der Waals surface area contributed by atoms with Crippen molar-refractivity contribution in [3.8, 4) is 17.2 Å². The fourth-order valence-electron chi connectivity index (χ4n) is 3.99. The molecule has 6 heteroatoms. The minimum absolute atomic E-state index is 0.161. The number of benzene rings is 2. The molecule has 1 N–H and O–H groups in total. The molecule has 0 unspecified atom stereocenters. The van der Waals surface area contributed by atoms with Crippen molar-refractivity contribution in [3.05, 3.63) is 83.7 Å². The lowest BCUT2D eigenvalue weighted by atomic mass is 10.0. The van der Waals surface area contributed by atoms with Crippen LogP contribution in [0.5, 0.6) is 0 Å². The van der Waals surface area contributed by atoms with Crippen molar-refractivity contribution in [1.82, 2.24) is 15.2 Å². The highest BCUT2D eigenvalue weighted by atomic mass is 16.2. The summed E-state index contributed by atoms with van der Waals surface area (Å²) in [5.41, 5.74) is 4.82. The number of piperazine rings is 1. The van der Waals surface area contributed by atoms with Crippen LogP contribution >= 0.6 is 0 Å². The van der Waals surface area contributed by atoms with E-state index >= 15 is 0 Å². The molecule has 4 rings (SSSR count). The van der Waals surface area contributed by atoms with E-state index in [1.165, 1.54) is 5.56 Å². The van der Waals surface area contributed by atoms with E-state index < -0.39 is 0 Å². The number of carbonyl (C=O) groups excluding carboxylic acids is 1. The Morgan fingerprint density at radius 1 is 1.19 bits per heavy atom. The summed E-state index contributed by atoms with van der Waals surface area (Å²) >= 11 is 0. The molecule has 0 saturated carbocycles. The van der Waals surface area contributed by atoms with Crippen molar-refractivity contribution in [1.29, 1.82) is 5.26 Å². The van der Waals surface area contributed by atoms with Crippen LogP contribution in [0.1, 0.15) is 28.5 Å². The lowest BCUT2D eigenvalue weighted by Crippen LogP contribution is -2.48. The first-order valence-corrected chi connectivity index (χ1v) is 10.8. The Morgan fingerprint density at radius 3 is 2.69 bits per heavy atom. The first kappa shape index (κ1) is 21.7. The summed E-state index contributed by atoms with van der Waals surface area (Å²) in [6.45, 7) is 6.24. The van der Waals surface area contributed by atoms with Crippen molar-refractivity contribution < 1.29 is 4.79 Å². The van der Waals surface area contributed by atoms with E-state index in [2.05, 4.69) is 40.3 Å². The molecule has 1 fully saturated rings. The Kier molecular flexibility index (Phi) is 6.60. The Labute approximate surface area is 189 Å². The molecular formula is C26H27N5O. The van der Waals surface area contributed by atoms with E-state index in [4.69, 9.17) is 5.26 Å². The molecule has 0 radical (unpaired) electrons. The zero-order valence-electron chi connectivity index (χ0n) is 18.5. The topological polar surface area (TPSA) is 72.3 Å². The number of amides is 1. The number of anilines is 1. The molecule has 1 aliphatic rings. The summed E-state index contributed by atoms with van der Waals surface area (Å²) in [6, 6.07) is 21.7. The third-order valence-electron chi connectivity index (χ3n) is 5.79. The first-order valence-electron chi connectivity index (χ1n) is 10.8. The minimum atomic E-state index is -0.161. The number of carbonyl (C=O) groups is 1. The maximum atomic E-state index is 12.9. The fourth-order valence-corrected chi connectivity index (χ4v) is 3.99. The molecule has 1 saturated heterocycles. The molecule has 1 aromatic heterocycles. The number of nitrogens with zero attached hydrogens (tertiary/aromatic N) is 4. The standard InChI is InChI=1S/C26H27N5O/c1-19-17-31(13-12-28-19)18-20-6-9-24(10-7-20)30(2)26(32)25-11-8-23(16-29-25)22-5-3-4-21(14-22)15-27/h3-11,14,16,19,28H,12-13,17-18H2,1-2H3/t19-/m0/s1. The summed E-state index contributed by atoms with van der Waals surface area (Å²) in [5.74, 6) is -0.161. The summed E-state index contributed by atoms with van der Waals surface area (Å²) in [7, 11) is 1.77. The van der Waals surface area contributed by atoms with Crippen molar-refractivity contribution in [3.63, 3.8) is 0 Å². The van der Waals surface area contributed by atoms with Gasteiger partial charge in [0.2, 0.25) is 0 Å². The summed E-state index contributed by atoms with van der Waals surface area (Å²) in [4.78, 5) is 21.4. The maximum absolute atomic E-state index is 12.9. The van der Waals surface area contributed by atoms with Crippen LogP contribution in [0.25, 0.3) is 11.1 Å². The SMILES string of the molecule is C[C@H]1CN(Cc2ccc(N(C)C(=O)c3ccc(-c4cccc(C#N)c4)cn3)cc2)CCN1. The van der Waals surface area contributed by atoms with Crippen LogP contribution in [-0.2, 0) is 6.54 Å². The molecular weight excluding hydrogens is 398 g/mol. The number of nitriles is 1. The number of pyridine rings is 1. The maximum Gasteiger partial charge on any atom is 0.276 e. The summed E-state index contributed by atoms with van der Waals surface area (Å²) < 4.78 is 0. The van der Waals surface area contributed by atoms with Crippen molar-refractivity contribution in [2.45, 2.75) is 19.5 Å². The normalized spacial score (nSPS) is 16.3. The Balaban J connectivity index is 1.42. The average Bonchev–Trinajstić information content (AvgIpc) is 2.84. The predicted molar refractivity (Wildman–Crippen MR) is 126 cm³/mol. The zero-order valence-corrected chi connectivity index (χ0v) is 18.5. The highest BCUT2D eigenvalue weighted by Crippen LogP contribution is 2.21. The van der Waals surface area contributed by atoms with Crippen LogP contribution in [0.4, 0.5) is 5.69 Å². The number of aromatic nitrogens is 1. The largest absolute Gasteiger partial charge is 0.312 e. The Bertz CT molecular complexity index is 1120. The van der Waals surface area contributed by atoms with Gasteiger partial charge in [-0.25, -0.2) is 0 Å². The third kappa shape index (κ3) is 5.02. The lowest BCUT2D eigenvalue weighted by molar-refractivity contribution is 0.0988. The van der Waals surface area contributed by atoms with Gasteiger partial charge in [0.15, 0.2) is 0 Å². The van der Waals surface area contributed by atoms with Gasteiger partial charge < -0.3 is 10.2 Å². The van der Waals surface area contributed by atoms with Gasteiger partial charge in [0.05, 0.1) is 11.6 Å². The van der Waals surface area contributed by atoms with Crippen LogP contribution in [-0.4, -0.2) is 48.5 Å². The molecule has 32 heavy (non-hydrogen) atoms. The molecule has 1 amide bonds. The van der Waals surface area contributed by atoms with Gasteiger partial charge in [-0.2, -0.15) is 5.26 Å². The highest BCUT2D eigenvalue weighted by molar-refractivity contribution is 6.04. The second-order valence-electron chi connectivity index (χ2n) is 8.25. The van der Waals surface area contributed by atoms with Gasteiger partial charge >= 0.3 is 0 Å². The van der Waals surface area contributed by atoms with Gasteiger partial charge in [-0.05, 0) is 48.4 Å². The van der Waals surface area contributed by atoms with E-state index in [-0.39, 0.29) is 5.91 Å². The number of hydrogen-bond acceptors (Lipinski definition) is 5. The monoisotopic (exact) mass is 425 g/mol. The molecule has 1 aliphatic heterocycles. The quantitative estimate of drug-likeness (QED) is 0.675. The Hall–Kier alpha value is -3.53. The molecule has 1 atom stereocenters. The average molecular weight is 426 g/mol. The van der Waals surface area contributed by atoms with Crippen LogP contribution < -0.4 is 10.2 Å². The molecule has 2 heterocycles. The second-order valence-corrected chi connectivity index (χ2v) is 8.25. The number of hydrogen-bond donors (Lipinski definition) is 1. The first-order chi connectivity index (χ1) is 15.5. The smallest absolute Gasteiger partial charge is 0.276 e. The fraction of sp³-hybridized carbons (Fsp3) is 0.269. The molecule has 0 spiro atoms. The molecule has 2 aromatic carbocycles. The van der Waals surface area contributed by atoms with E-state index in [1.807, 2.05) is 36.4 Å². The van der Waals surface area contributed by atoms with Crippen LogP contribution in [0.15, 0.2) is 66.9 Å². The van der Waals surface area contributed by atoms with Gasteiger partial charge in [-0.3, -0.25) is 14.7 Å². The predicted octanol–water partition coefficient (Wildman–Crippen LogP) is 3.69. The summed E-state index contributed by atoms with van der Waals surface area (Å²) in [6.07, 6.45) is 1.68. The van der Waals surface area contributed by atoms with Crippen molar-refractivity contribution >= 4 is 11.6 Å². The van der Waals surface area contributed by atoms with E-state index in [0.717, 1.165) is 43.0 Å². The van der Waals surface area contributed by atoms with Gasteiger partial charge in [0, 0.05) is 56.7 Å². The third-order valence-corrected chi connectivity index (χ3v) is 5.79. The molecule has 162 valence electrons. The van der Waals surface area contributed by atoms with Gasteiger partial charge in [-0.15, -0.1) is 0 Å². The number of rotatable bonds is 5. The van der Waals surface area contributed by atoms with Crippen LogP contribution in [0, 0.1) is 11.3 Å². The van der Waals surface area contributed by atoms with Crippen LogP contribution in [0.2, 0.25) is 0 Å². The van der Waals surface area contributed by atoms with Crippen LogP contribution in [0.3, 0.4) is 0 Å². The zero-order chi connectivity index (χ0) is 22.5. The van der Waals surface area contributed by atoms with E-state index in [0.29, 0.717) is 17.3 Å². The van der Waals surface area contributed by atoms with E-state index in [9.17, 15) is 4.79 Å². The molecule has 0 bridgehead atoms. The Morgan fingerprint density at radius 2 is 2.00 bits per heavy atom. The molecule has 3 aromatic rings. The molecule has 6 nitrogen and oxygen atoms in total. The highest BCUT2D eigenvalue weighted by Gasteiger charge is 2.17. The van der Waals surface area contributed by atoms with E-state index in [1.54, 1.807) is 30.3 Å². The van der Waals surface area contributed by atoms with Gasteiger partial charge in [0.25, 0.3) is 5.91 Å². The lowest BCUT2D eigenvalue weighted by Gasteiger charge is -2.31. The minimum Gasteiger partial charge on any atom is -0.312 e. The van der Waals surface area contributed by atoms with Gasteiger partial charge in [0.1, 0.15) is 5.69 Å². The van der Waals surface area contributed by atoms with Crippen molar-refractivity contribution in [2.75, 3.05) is 31.6 Å². The molecule has 0 aliphatic carbocycles. The number of nitrogens with one attached hydrogen (secondary N) is 1. The summed E-state index contributed by atoms with van der Waals surface area (Å²) in [5, 5.41) is 12.5. The van der Waals surface area contributed by atoms with Gasteiger partial charge in [-0.1, -0.05) is 30.3 Å². The van der Waals surface area contributed by atoms with Crippen molar-refractivity contribution in [2.24, 2.45) is 0 Å². The second kappa shape index (κ2) is 9.73.